The first-order chi connectivity index (χ1) is 12.2. The monoisotopic (exact) mass is 357 g/mol. The van der Waals surface area contributed by atoms with Gasteiger partial charge in [0, 0.05) is 0 Å². The van der Waals surface area contributed by atoms with Crippen LogP contribution in [0.4, 0.5) is 0 Å². The molecule has 1 N–H and O–H groups in total. The number of rotatable bonds is 7. The highest BCUT2D eigenvalue weighted by Crippen LogP contribution is 2.18. The van der Waals surface area contributed by atoms with Gasteiger partial charge in [-0.05, 0) is 39.9 Å². The van der Waals surface area contributed by atoms with Crippen LogP contribution in [-0.4, -0.2) is 25.7 Å². The molecule has 1 aromatic carbocycles. The standard InChI is InChI=1S/C17H19N5O2S/c1-2-7-14(13-8-4-3-5-9-13)18-15(23)12-21-17(24)22(20-19-21)16-10-6-11-25-16/h3-6,8-11,14H,2,7,12H2,1H3,(H,18,23). The van der Waals surface area contributed by atoms with Gasteiger partial charge < -0.3 is 5.32 Å². The Hall–Kier alpha value is -2.74. The van der Waals surface area contributed by atoms with Gasteiger partial charge in [-0.25, -0.2) is 4.79 Å². The lowest BCUT2D eigenvalue weighted by molar-refractivity contribution is -0.122. The molecule has 8 heteroatoms. The van der Waals surface area contributed by atoms with Crippen molar-refractivity contribution in [2.75, 3.05) is 0 Å². The number of amides is 1. The lowest BCUT2D eigenvalue weighted by Gasteiger charge is -2.18. The SMILES string of the molecule is CCCC(NC(=O)Cn1nnn(-c2cccs2)c1=O)c1ccccc1. The Morgan fingerprint density at radius 2 is 2.00 bits per heavy atom. The zero-order chi connectivity index (χ0) is 17.6. The zero-order valence-corrected chi connectivity index (χ0v) is 14.6. The summed E-state index contributed by atoms with van der Waals surface area (Å²) in [5.41, 5.74) is 0.622. The van der Waals surface area contributed by atoms with Gasteiger partial charge in [-0.15, -0.1) is 11.3 Å². The number of hydrogen-bond donors (Lipinski definition) is 1. The van der Waals surface area contributed by atoms with Gasteiger partial charge in [-0.2, -0.15) is 9.36 Å². The third-order valence-corrected chi connectivity index (χ3v) is 4.61. The molecule has 0 aliphatic carbocycles. The van der Waals surface area contributed by atoms with E-state index in [2.05, 4.69) is 22.7 Å². The Balaban J connectivity index is 1.71. The molecule has 3 rings (SSSR count). The Bertz CT molecular complexity index is 870. The molecule has 130 valence electrons. The highest BCUT2D eigenvalue weighted by atomic mass is 32.1. The molecule has 0 aliphatic rings. The minimum absolute atomic E-state index is 0.0817. The van der Waals surface area contributed by atoms with Crippen LogP contribution in [0.2, 0.25) is 0 Å². The number of aromatic nitrogens is 4. The third-order valence-electron chi connectivity index (χ3n) is 3.76. The number of nitrogens with zero attached hydrogens (tertiary/aromatic N) is 4. The van der Waals surface area contributed by atoms with Gasteiger partial charge in [-0.3, -0.25) is 4.79 Å². The molecule has 0 fully saturated rings. The number of tetrazole rings is 1. The summed E-state index contributed by atoms with van der Waals surface area (Å²) in [5, 5.41) is 13.1. The molecule has 7 nitrogen and oxygen atoms in total. The minimum Gasteiger partial charge on any atom is -0.348 e. The molecule has 0 saturated heterocycles. The van der Waals surface area contributed by atoms with Gasteiger partial charge in [0.25, 0.3) is 0 Å². The first kappa shape index (κ1) is 17.1. The van der Waals surface area contributed by atoms with Crippen molar-refractivity contribution in [3.05, 3.63) is 63.9 Å². The molecule has 1 atom stereocenters. The number of hydrogen-bond acceptors (Lipinski definition) is 5. The smallest absolute Gasteiger partial charge is 0.348 e. The first-order valence-electron chi connectivity index (χ1n) is 8.10. The largest absolute Gasteiger partial charge is 0.369 e. The fraction of sp³-hybridized carbons (Fsp3) is 0.294. The maximum atomic E-state index is 12.4. The second-order valence-corrected chi connectivity index (χ2v) is 6.53. The van der Waals surface area contributed by atoms with Crippen LogP contribution >= 0.6 is 11.3 Å². The first-order valence-corrected chi connectivity index (χ1v) is 8.98. The van der Waals surface area contributed by atoms with Gasteiger partial charge in [0.15, 0.2) is 0 Å². The van der Waals surface area contributed by atoms with Crippen LogP contribution < -0.4 is 11.0 Å². The summed E-state index contributed by atoms with van der Waals surface area (Å²) in [5.74, 6) is -0.261. The molecular formula is C17H19N5O2S. The maximum Gasteiger partial charge on any atom is 0.369 e. The van der Waals surface area contributed by atoms with E-state index in [1.807, 2.05) is 41.8 Å². The van der Waals surface area contributed by atoms with Gasteiger partial charge in [0.2, 0.25) is 5.91 Å². The lowest BCUT2D eigenvalue weighted by Crippen LogP contribution is -2.35. The van der Waals surface area contributed by atoms with Gasteiger partial charge in [-0.1, -0.05) is 43.7 Å². The van der Waals surface area contributed by atoms with Crippen LogP contribution in [0.15, 0.2) is 52.6 Å². The normalized spacial score (nSPS) is 12.0. The molecule has 0 bridgehead atoms. The summed E-state index contributed by atoms with van der Waals surface area (Å²) >= 11 is 1.38. The predicted octanol–water partition coefficient (Wildman–Crippen LogP) is 2.15. The summed E-state index contributed by atoms with van der Waals surface area (Å²) in [7, 11) is 0. The Morgan fingerprint density at radius 1 is 1.20 bits per heavy atom. The average molecular weight is 357 g/mol. The van der Waals surface area contributed by atoms with Crippen molar-refractivity contribution >= 4 is 17.2 Å². The van der Waals surface area contributed by atoms with E-state index in [1.54, 1.807) is 6.07 Å². The zero-order valence-electron chi connectivity index (χ0n) is 13.8. The quantitative estimate of drug-likeness (QED) is 0.702. The molecule has 2 aromatic heterocycles. The molecular weight excluding hydrogens is 338 g/mol. The van der Waals surface area contributed by atoms with Crippen LogP contribution in [0.25, 0.3) is 5.00 Å². The number of benzene rings is 1. The second kappa shape index (κ2) is 7.89. The van der Waals surface area contributed by atoms with Crippen LogP contribution in [0, 0.1) is 0 Å². The second-order valence-electron chi connectivity index (χ2n) is 5.60. The van der Waals surface area contributed by atoms with E-state index in [0.717, 1.165) is 23.1 Å². The lowest BCUT2D eigenvalue weighted by atomic mass is 10.0. The predicted molar refractivity (Wildman–Crippen MR) is 95.7 cm³/mol. The van der Waals surface area contributed by atoms with E-state index in [-0.39, 0.29) is 18.5 Å². The Kier molecular flexibility index (Phi) is 5.39. The van der Waals surface area contributed by atoms with E-state index in [4.69, 9.17) is 0 Å². The van der Waals surface area contributed by atoms with E-state index in [9.17, 15) is 9.59 Å². The molecule has 0 radical (unpaired) electrons. The molecule has 1 unspecified atom stereocenters. The maximum absolute atomic E-state index is 12.4. The molecule has 3 aromatic rings. The van der Waals surface area contributed by atoms with Crippen LogP contribution in [0.1, 0.15) is 31.4 Å². The van der Waals surface area contributed by atoms with Crippen molar-refractivity contribution in [1.82, 2.24) is 25.1 Å². The highest BCUT2D eigenvalue weighted by molar-refractivity contribution is 7.12. The fourth-order valence-electron chi connectivity index (χ4n) is 2.57. The molecule has 2 heterocycles. The van der Waals surface area contributed by atoms with E-state index < -0.39 is 5.69 Å². The summed E-state index contributed by atoms with van der Waals surface area (Å²) in [6, 6.07) is 13.3. The fourth-order valence-corrected chi connectivity index (χ4v) is 3.24. The van der Waals surface area contributed by atoms with Crippen molar-refractivity contribution in [3.63, 3.8) is 0 Å². The van der Waals surface area contributed by atoms with E-state index in [1.165, 1.54) is 16.0 Å². The van der Waals surface area contributed by atoms with Crippen molar-refractivity contribution in [2.45, 2.75) is 32.4 Å². The van der Waals surface area contributed by atoms with E-state index >= 15 is 0 Å². The number of carbonyl (C=O) groups is 1. The summed E-state index contributed by atoms with van der Waals surface area (Å²) in [6.07, 6.45) is 1.76. The Morgan fingerprint density at radius 3 is 2.68 bits per heavy atom. The molecule has 0 spiro atoms. The molecule has 1 amide bonds. The van der Waals surface area contributed by atoms with Crippen molar-refractivity contribution in [2.24, 2.45) is 0 Å². The van der Waals surface area contributed by atoms with Crippen molar-refractivity contribution in [3.8, 4) is 5.00 Å². The number of nitrogens with one attached hydrogen (secondary N) is 1. The van der Waals surface area contributed by atoms with Gasteiger partial charge >= 0.3 is 5.69 Å². The topological polar surface area (TPSA) is 81.8 Å². The summed E-state index contributed by atoms with van der Waals surface area (Å²) in [6.45, 7) is 1.91. The van der Waals surface area contributed by atoms with Crippen LogP contribution in [0.5, 0.6) is 0 Å². The Labute approximate surface area is 148 Å². The van der Waals surface area contributed by atoms with Crippen molar-refractivity contribution in [1.29, 1.82) is 0 Å². The molecule has 0 saturated carbocycles. The van der Waals surface area contributed by atoms with Crippen molar-refractivity contribution < 1.29 is 4.79 Å². The number of thiophene rings is 1. The number of carbonyl (C=O) groups excluding carboxylic acids is 1. The summed E-state index contributed by atoms with van der Waals surface area (Å²) < 4.78 is 2.27. The minimum atomic E-state index is -0.427. The van der Waals surface area contributed by atoms with Crippen LogP contribution in [-0.2, 0) is 11.3 Å². The average Bonchev–Trinajstić information content (AvgIpc) is 3.26. The van der Waals surface area contributed by atoms with Crippen LogP contribution in [0.3, 0.4) is 0 Å². The summed E-state index contributed by atoms with van der Waals surface area (Å²) in [4.78, 5) is 24.7. The highest BCUT2D eigenvalue weighted by Gasteiger charge is 2.17. The molecule has 25 heavy (non-hydrogen) atoms. The molecule has 0 aliphatic heterocycles. The van der Waals surface area contributed by atoms with Gasteiger partial charge in [0.1, 0.15) is 11.5 Å². The third kappa shape index (κ3) is 4.03. The van der Waals surface area contributed by atoms with E-state index in [0.29, 0.717) is 5.00 Å². The van der Waals surface area contributed by atoms with Gasteiger partial charge in [0.05, 0.1) is 6.04 Å².